The van der Waals surface area contributed by atoms with Crippen molar-refractivity contribution in [1.82, 2.24) is 14.8 Å². The van der Waals surface area contributed by atoms with E-state index < -0.39 is 0 Å². The minimum Gasteiger partial charge on any atom is -0.383 e. The van der Waals surface area contributed by atoms with Crippen molar-refractivity contribution in [1.29, 1.82) is 0 Å². The van der Waals surface area contributed by atoms with Crippen LogP contribution in [0.3, 0.4) is 0 Å². The minimum absolute atomic E-state index is 0.0944. The van der Waals surface area contributed by atoms with Crippen LogP contribution in [0.2, 0.25) is 0 Å². The maximum Gasteiger partial charge on any atom is 0.191 e. The van der Waals surface area contributed by atoms with Gasteiger partial charge in [-0.05, 0) is 17.7 Å². The molecule has 0 aliphatic rings. The van der Waals surface area contributed by atoms with Gasteiger partial charge in [0.2, 0.25) is 0 Å². The Bertz CT molecular complexity index is 866. The summed E-state index contributed by atoms with van der Waals surface area (Å²) in [6.45, 7) is 0. The molecule has 0 spiro atoms. The van der Waals surface area contributed by atoms with Crippen LogP contribution in [0.15, 0.2) is 52.0 Å². The molecule has 0 aliphatic heterocycles. The minimum atomic E-state index is -0.0944. The summed E-state index contributed by atoms with van der Waals surface area (Å²) < 4.78 is 2.52. The molecule has 3 rings (SSSR count). The fraction of sp³-hybridized carbons (Fsp3) is 0.0667. The molecule has 106 valence electrons. The number of anilines is 1. The second-order valence-electron chi connectivity index (χ2n) is 4.67. The first-order valence-corrected chi connectivity index (χ1v) is 7.13. The number of rotatable bonds is 2. The Labute approximate surface area is 129 Å². The van der Waals surface area contributed by atoms with Crippen molar-refractivity contribution in [2.75, 3.05) is 5.73 Å². The highest BCUT2D eigenvalue weighted by molar-refractivity contribution is 9.10. The fourth-order valence-corrected chi connectivity index (χ4v) is 2.65. The van der Waals surface area contributed by atoms with Gasteiger partial charge in [-0.3, -0.25) is 9.48 Å². The quantitative estimate of drug-likeness (QED) is 0.750. The lowest BCUT2D eigenvalue weighted by molar-refractivity contribution is 0.782. The van der Waals surface area contributed by atoms with Crippen LogP contribution in [-0.4, -0.2) is 14.8 Å². The summed E-state index contributed by atoms with van der Waals surface area (Å²) in [5, 5.41) is 4.40. The van der Waals surface area contributed by atoms with Crippen molar-refractivity contribution >= 4 is 21.7 Å². The Balaban J connectivity index is 2.31. The first-order chi connectivity index (χ1) is 10.1. The second-order valence-corrected chi connectivity index (χ2v) is 5.58. The zero-order chi connectivity index (χ0) is 15.0. The monoisotopic (exact) mass is 344 g/mol. The highest BCUT2D eigenvalue weighted by Crippen LogP contribution is 2.35. The van der Waals surface area contributed by atoms with Gasteiger partial charge in [-0.15, -0.1) is 0 Å². The lowest BCUT2D eigenvalue weighted by Crippen LogP contribution is -2.04. The molecule has 5 nitrogen and oxygen atoms in total. The van der Waals surface area contributed by atoms with E-state index in [0.717, 1.165) is 15.6 Å². The number of nitrogens with zero attached hydrogens (tertiary/aromatic N) is 2. The highest BCUT2D eigenvalue weighted by Gasteiger charge is 2.19. The van der Waals surface area contributed by atoms with Crippen molar-refractivity contribution in [3.63, 3.8) is 0 Å². The Hall–Kier alpha value is -2.34. The normalized spacial score (nSPS) is 10.8. The van der Waals surface area contributed by atoms with E-state index in [1.165, 1.54) is 6.07 Å². The summed E-state index contributed by atoms with van der Waals surface area (Å²) >= 11 is 3.45. The lowest BCUT2D eigenvalue weighted by Gasteiger charge is -2.04. The van der Waals surface area contributed by atoms with Crippen LogP contribution in [-0.2, 0) is 7.05 Å². The van der Waals surface area contributed by atoms with Gasteiger partial charge in [0.25, 0.3) is 0 Å². The van der Waals surface area contributed by atoms with Gasteiger partial charge >= 0.3 is 0 Å². The number of pyridine rings is 1. The van der Waals surface area contributed by atoms with Crippen LogP contribution in [0, 0.1) is 0 Å². The molecule has 6 heteroatoms. The summed E-state index contributed by atoms with van der Waals surface area (Å²) in [4.78, 5) is 15.0. The molecule has 0 saturated carbocycles. The first-order valence-electron chi connectivity index (χ1n) is 6.34. The number of hydrogen-bond donors (Lipinski definition) is 2. The van der Waals surface area contributed by atoms with E-state index in [2.05, 4.69) is 26.0 Å². The number of nitrogen functional groups attached to an aromatic ring is 1. The summed E-state index contributed by atoms with van der Waals surface area (Å²) in [7, 11) is 1.76. The topological polar surface area (TPSA) is 76.7 Å². The standard InChI is InChI=1S/C15H13BrN4O/c1-20-15(17)13(9-3-2-4-10(16)7-9)14(19-20)11-8-18-6-5-12(11)21/h2-8H,17H2,1H3,(H,18,21). The number of benzene rings is 1. The summed E-state index contributed by atoms with van der Waals surface area (Å²) in [5.41, 5.74) is 8.80. The van der Waals surface area contributed by atoms with Crippen molar-refractivity contribution in [2.24, 2.45) is 7.05 Å². The number of aromatic nitrogens is 3. The summed E-state index contributed by atoms with van der Waals surface area (Å²) in [6, 6.07) is 9.23. The van der Waals surface area contributed by atoms with Crippen LogP contribution in [0.4, 0.5) is 5.82 Å². The third kappa shape index (κ3) is 2.38. The number of aromatic amines is 1. The van der Waals surface area contributed by atoms with E-state index in [1.54, 1.807) is 24.1 Å². The summed E-state index contributed by atoms with van der Waals surface area (Å²) in [6.07, 6.45) is 3.24. The van der Waals surface area contributed by atoms with Crippen LogP contribution < -0.4 is 11.2 Å². The molecule has 0 unspecified atom stereocenters. The van der Waals surface area contributed by atoms with Gasteiger partial charge in [0.05, 0.1) is 11.1 Å². The van der Waals surface area contributed by atoms with Crippen molar-refractivity contribution in [2.45, 2.75) is 0 Å². The lowest BCUT2D eigenvalue weighted by atomic mass is 10.0. The largest absolute Gasteiger partial charge is 0.383 e. The number of aryl methyl sites for hydroxylation is 1. The van der Waals surface area contributed by atoms with Crippen LogP contribution in [0.25, 0.3) is 22.4 Å². The molecular formula is C15H13BrN4O. The Kier molecular flexibility index (Phi) is 3.39. The molecule has 2 aromatic heterocycles. The molecule has 0 aliphatic carbocycles. The second kappa shape index (κ2) is 5.21. The van der Waals surface area contributed by atoms with Gasteiger partial charge in [0.15, 0.2) is 5.43 Å². The molecule has 0 amide bonds. The summed E-state index contributed by atoms with van der Waals surface area (Å²) in [5.74, 6) is 0.520. The predicted octanol–water partition coefficient (Wildman–Crippen LogP) is 2.79. The van der Waals surface area contributed by atoms with Crippen LogP contribution in [0.1, 0.15) is 0 Å². The number of halogens is 1. The van der Waals surface area contributed by atoms with E-state index in [-0.39, 0.29) is 5.43 Å². The zero-order valence-corrected chi connectivity index (χ0v) is 12.9. The molecule has 1 aromatic carbocycles. The molecule has 2 heterocycles. The molecule has 0 saturated heterocycles. The third-order valence-corrected chi connectivity index (χ3v) is 3.78. The molecule has 0 fully saturated rings. The third-order valence-electron chi connectivity index (χ3n) is 3.28. The van der Waals surface area contributed by atoms with E-state index >= 15 is 0 Å². The van der Waals surface area contributed by atoms with E-state index in [4.69, 9.17) is 5.73 Å². The Morgan fingerprint density at radius 3 is 2.86 bits per heavy atom. The smallest absolute Gasteiger partial charge is 0.191 e. The first kappa shape index (κ1) is 13.6. The van der Waals surface area contributed by atoms with Crippen molar-refractivity contribution in [3.8, 4) is 22.4 Å². The van der Waals surface area contributed by atoms with Gasteiger partial charge in [0.1, 0.15) is 11.5 Å². The van der Waals surface area contributed by atoms with Gasteiger partial charge in [-0.2, -0.15) is 5.10 Å². The molecule has 3 aromatic rings. The fourth-order valence-electron chi connectivity index (χ4n) is 2.26. The highest BCUT2D eigenvalue weighted by atomic mass is 79.9. The molecule has 0 atom stereocenters. The van der Waals surface area contributed by atoms with E-state index in [0.29, 0.717) is 17.1 Å². The molecule has 0 bridgehead atoms. The van der Waals surface area contributed by atoms with Gasteiger partial charge < -0.3 is 10.7 Å². The van der Waals surface area contributed by atoms with Gasteiger partial charge in [-0.25, -0.2) is 0 Å². The van der Waals surface area contributed by atoms with Crippen LogP contribution >= 0.6 is 15.9 Å². The average molecular weight is 345 g/mol. The van der Waals surface area contributed by atoms with Gasteiger partial charge in [0, 0.05) is 30.0 Å². The Morgan fingerprint density at radius 2 is 2.14 bits per heavy atom. The van der Waals surface area contributed by atoms with Crippen molar-refractivity contribution in [3.05, 3.63) is 57.4 Å². The maximum atomic E-state index is 12.1. The van der Waals surface area contributed by atoms with E-state index in [9.17, 15) is 4.79 Å². The average Bonchev–Trinajstić information content (AvgIpc) is 2.75. The molecule has 21 heavy (non-hydrogen) atoms. The number of H-pyrrole nitrogens is 1. The van der Waals surface area contributed by atoms with Crippen LogP contribution in [0.5, 0.6) is 0 Å². The molecule has 0 radical (unpaired) electrons. The predicted molar refractivity (Wildman–Crippen MR) is 86.8 cm³/mol. The van der Waals surface area contributed by atoms with Crippen molar-refractivity contribution < 1.29 is 0 Å². The Morgan fingerprint density at radius 1 is 1.33 bits per heavy atom. The number of hydrogen-bond acceptors (Lipinski definition) is 3. The zero-order valence-electron chi connectivity index (χ0n) is 11.3. The maximum absolute atomic E-state index is 12.1. The number of nitrogens with one attached hydrogen (secondary N) is 1. The number of nitrogens with two attached hydrogens (primary N) is 1. The van der Waals surface area contributed by atoms with Gasteiger partial charge in [-0.1, -0.05) is 28.1 Å². The molecule has 3 N–H and O–H groups in total. The SMILES string of the molecule is Cn1nc(-c2c[nH]ccc2=O)c(-c2cccc(Br)c2)c1N. The van der Waals surface area contributed by atoms with E-state index in [1.807, 2.05) is 24.3 Å². The molecular weight excluding hydrogens is 332 g/mol.